The van der Waals surface area contributed by atoms with Crippen LogP contribution >= 0.6 is 11.6 Å². The van der Waals surface area contributed by atoms with Crippen molar-refractivity contribution in [3.05, 3.63) is 28.5 Å². The highest BCUT2D eigenvalue weighted by molar-refractivity contribution is 6.32. The summed E-state index contributed by atoms with van der Waals surface area (Å²) < 4.78 is 25.7. The molecule has 3 rings (SSSR count). The monoisotopic (exact) mass is 396 g/mol. The fourth-order valence-corrected chi connectivity index (χ4v) is 4.62. The van der Waals surface area contributed by atoms with Crippen molar-refractivity contribution in [3.63, 3.8) is 0 Å². The van der Waals surface area contributed by atoms with Crippen LogP contribution in [0.3, 0.4) is 0 Å². The molecule has 0 aliphatic heterocycles. The molecule has 0 N–H and O–H groups in total. The van der Waals surface area contributed by atoms with Crippen LogP contribution in [0.1, 0.15) is 88.9 Å². The van der Waals surface area contributed by atoms with Crippen LogP contribution in [-0.2, 0) is 4.74 Å². The Morgan fingerprint density at radius 2 is 1.74 bits per heavy atom. The van der Waals surface area contributed by atoms with Gasteiger partial charge >= 0.3 is 5.97 Å². The molecule has 1 spiro atoms. The molecular formula is C22H30ClFO3. The third-order valence-corrected chi connectivity index (χ3v) is 6.14. The van der Waals surface area contributed by atoms with E-state index in [0.717, 1.165) is 12.8 Å². The first-order chi connectivity index (χ1) is 12.7. The zero-order valence-electron chi connectivity index (χ0n) is 16.6. The highest BCUT2D eigenvalue weighted by Gasteiger charge is 2.37. The summed E-state index contributed by atoms with van der Waals surface area (Å²) in [5.41, 5.74) is -0.345. The van der Waals surface area contributed by atoms with E-state index in [1.165, 1.54) is 57.1 Å². The van der Waals surface area contributed by atoms with Gasteiger partial charge in [-0.05, 0) is 70.8 Å². The molecule has 3 nitrogen and oxygen atoms in total. The van der Waals surface area contributed by atoms with Gasteiger partial charge in [0, 0.05) is 6.07 Å². The summed E-state index contributed by atoms with van der Waals surface area (Å²) in [6.45, 7) is 5.22. The molecule has 0 saturated heterocycles. The van der Waals surface area contributed by atoms with E-state index in [2.05, 4.69) is 0 Å². The Hall–Kier alpha value is -1.29. The summed E-state index contributed by atoms with van der Waals surface area (Å²) in [4.78, 5) is 12.1. The van der Waals surface area contributed by atoms with E-state index in [-0.39, 0.29) is 16.7 Å². The predicted molar refractivity (Wildman–Crippen MR) is 105 cm³/mol. The molecule has 0 amide bonds. The average molecular weight is 397 g/mol. The van der Waals surface area contributed by atoms with E-state index in [1.54, 1.807) is 20.8 Å². The molecule has 2 aliphatic carbocycles. The number of rotatable bonds is 3. The van der Waals surface area contributed by atoms with Gasteiger partial charge in [0.15, 0.2) is 0 Å². The molecule has 0 atom stereocenters. The number of halogens is 2. The molecule has 0 radical (unpaired) electrons. The Labute approximate surface area is 166 Å². The van der Waals surface area contributed by atoms with Crippen LogP contribution in [0.4, 0.5) is 4.39 Å². The molecule has 2 aliphatic rings. The van der Waals surface area contributed by atoms with Gasteiger partial charge in [0.2, 0.25) is 0 Å². The van der Waals surface area contributed by atoms with Crippen LogP contribution in [-0.4, -0.2) is 17.7 Å². The topological polar surface area (TPSA) is 35.5 Å². The Morgan fingerprint density at radius 3 is 2.33 bits per heavy atom. The van der Waals surface area contributed by atoms with Gasteiger partial charge < -0.3 is 9.47 Å². The largest absolute Gasteiger partial charge is 0.489 e. The van der Waals surface area contributed by atoms with E-state index in [9.17, 15) is 9.18 Å². The van der Waals surface area contributed by atoms with Gasteiger partial charge in [-0.3, -0.25) is 0 Å². The fourth-order valence-electron chi connectivity index (χ4n) is 4.41. The second kappa shape index (κ2) is 7.98. The smallest absolute Gasteiger partial charge is 0.341 e. The molecule has 0 heterocycles. The zero-order valence-corrected chi connectivity index (χ0v) is 17.3. The van der Waals surface area contributed by atoms with E-state index < -0.39 is 17.4 Å². The summed E-state index contributed by atoms with van der Waals surface area (Å²) in [6, 6.07) is 2.53. The standard InChI is InChI=1S/C22H30ClFO3/c1-21(2,3)27-20(25)16-13-17(23)19(14-18(16)24)26-15-7-11-22(12-8-15)9-5-4-6-10-22/h13-15H,4-12H2,1-3H3. The summed E-state index contributed by atoms with van der Waals surface area (Å²) in [5.74, 6) is -1.07. The minimum Gasteiger partial charge on any atom is -0.489 e. The zero-order chi connectivity index (χ0) is 19.7. The second-order valence-electron chi connectivity index (χ2n) is 9.14. The average Bonchev–Trinajstić information content (AvgIpc) is 2.59. The normalized spacial score (nSPS) is 20.5. The summed E-state index contributed by atoms with van der Waals surface area (Å²) in [6.07, 6.45) is 11.1. The lowest BCUT2D eigenvalue weighted by molar-refractivity contribution is 0.00645. The number of hydrogen-bond acceptors (Lipinski definition) is 3. The third kappa shape index (κ3) is 5.16. The van der Waals surface area contributed by atoms with Crippen LogP contribution in [0, 0.1) is 11.2 Å². The highest BCUT2D eigenvalue weighted by Crippen LogP contribution is 2.48. The van der Waals surface area contributed by atoms with Crippen molar-refractivity contribution in [2.24, 2.45) is 5.41 Å². The third-order valence-electron chi connectivity index (χ3n) is 5.84. The SMILES string of the molecule is CC(C)(C)OC(=O)c1cc(Cl)c(OC2CCC3(CCCCC3)CC2)cc1F. The van der Waals surface area contributed by atoms with Crippen LogP contribution in [0.25, 0.3) is 0 Å². The molecule has 0 aromatic heterocycles. The Morgan fingerprint density at radius 1 is 1.11 bits per heavy atom. The van der Waals surface area contributed by atoms with E-state index in [0.29, 0.717) is 11.2 Å². The van der Waals surface area contributed by atoms with Crippen LogP contribution in [0.5, 0.6) is 5.75 Å². The van der Waals surface area contributed by atoms with Crippen molar-refractivity contribution < 1.29 is 18.7 Å². The van der Waals surface area contributed by atoms with Crippen molar-refractivity contribution in [2.45, 2.75) is 90.3 Å². The minimum atomic E-state index is -0.717. The lowest BCUT2D eigenvalue weighted by Crippen LogP contribution is -2.34. The summed E-state index contributed by atoms with van der Waals surface area (Å²) in [5, 5.41) is 0.246. The quantitative estimate of drug-likeness (QED) is 0.533. The molecule has 1 aromatic carbocycles. The van der Waals surface area contributed by atoms with E-state index >= 15 is 0 Å². The minimum absolute atomic E-state index is 0.0572. The van der Waals surface area contributed by atoms with Crippen LogP contribution in [0.15, 0.2) is 12.1 Å². The van der Waals surface area contributed by atoms with Gasteiger partial charge in [-0.25, -0.2) is 9.18 Å². The first-order valence-corrected chi connectivity index (χ1v) is 10.4. The Balaban J connectivity index is 1.64. The van der Waals surface area contributed by atoms with Gasteiger partial charge in [-0.1, -0.05) is 30.9 Å². The summed E-state index contributed by atoms with van der Waals surface area (Å²) >= 11 is 6.28. The first kappa shape index (κ1) is 20.4. The fraction of sp³-hybridized carbons (Fsp3) is 0.682. The maximum Gasteiger partial charge on any atom is 0.341 e. The molecule has 5 heteroatoms. The molecular weight excluding hydrogens is 367 g/mol. The Bertz CT molecular complexity index is 680. The lowest BCUT2D eigenvalue weighted by atomic mass is 9.65. The number of carbonyl (C=O) groups excluding carboxylic acids is 1. The highest BCUT2D eigenvalue weighted by atomic mass is 35.5. The molecule has 0 bridgehead atoms. The first-order valence-electron chi connectivity index (χ1n) is 10.1. The van der Waals surface area contributed by atoms with Gasteiger partial charge in [0.1, 0.15) is 17.2 Å². The van der Waals surface area contributed by atoms with E-state index in [1.807, 2.05) is 0 Å². The lowest BCUT2D eigenvalue weighted by Gasteiger charge is -2.42. The van der Waals surface area contributed by atoms with Crippen molar-refractivity contribution in [1.29, 1.82) is 0 Å². The van der Waals surface area contributed by atoms with Crippen molar-refractivity contribution >= 4 is 17.6 Å². The van der Waals surface area contributed by atoms with E-state index in [4.69, 9.17) is 21.1 Å². The van der Waals surface area contributed by atoms with Crippen LogP contribution < -0.4 is 4.74 Å². The van der Waals surface area contributed by atoms with Crippen molar-refractivity contribution in [3.8, 4) is 5.75 Å². The Kier molecular flexibility index (Phi) is 6.05. The molecule has 2 saturated carbocycles. The number of hydrogen-bond donors (Lipinski definition) is 0. The van der Waals surface area contributed by atoms with Gasteiger partial charge in [-0.2, -0.15) is 0 Å². The van der Waals surface area contributed by atoms with Crippen molar-refractivity contribution in [1.82, 2.24) is 0 Å². The maximum absolute atomic E-state index is 14.5. The van der Waals surface area contributed by atoms with Gasteiger partial charge in [-0.15, -0.1) is 0 Å². The number of ether oxygens (including phenoxy) is 2. The maximum atomic E-state index is 14.5. The summed E-state index contributed by atoms with van der Waals surface area (Å²) in [7, 11) is 0. The number of benzene rings is 1. The van der Waals surface area contributed by atoms with Gasteiger partial charge in [0.05, 0.1) is 16.7 Å². The molecule has 150 valence electrons. The molecule has 2 fully saturated rings. The second-order valence-corrected chi connectivity index (χ2v) is 9.55. The molecule has 27 heavy (non-hydrogen) atoms. The molecule has 1 aromatic rings. The van der Waals surface area contributed by atoms with Gasteiger partial charge in [0.25, 0.3) is 0 Å². The molecule has 0 unspecified atom stereocenters. The van der Waals surface area contributed by atoms with Crippen LogP contribution in [0.2, 0.25) is 5.02 Å². The predicted octanol–water partition coefficient (Wildman–Crippen LogP) is 6.71. The number of carbonyl (C=O) groups is 1. The van der Waals surface area contributed by atoms with Crippen molar-refractivity contribution in [2.75, 3.05) is 0 Å². The number of esters is 1.